The molecule has 3 aromatic carbocycles. The van der Waals surface area contributed by atoms with Gasteiger partial charge in [-0.15, -0.1) is 0 Å². The molecule has 2 N–H and O–H groups in total. The van der Waals surface area contributed by atoms with Gasteiger partial charge >= 0.3 is 0 Å². The molecule has 28 heavy (non-hydrogen) atoms. The second kappa shape index (κ2) is 6.85. The highest BCUT2D eigenvalue weighted by Crippen LogP contribution is 2.31. The highest BCUT2D eigenvalue weighted by Gasteiger charge is 2.17. The third-order valence-electron chi connectivity index (χ3n) is 4.78. The first kappa shape index (κ1) is 17.8. The summed E-state index contributed by atoms with van der Waals surface area (Å²) in [6.07, 6.45) is 0. The van der Waals surface area contributed by atoms with Crippen LogP contribution in [-0.2, 0) is 0 Å². The van der Waals surface area contributed by atoms with Gasteiger partial charge in [-0.3, -0.25) is 4.79 Å². The van der Waals surface area contributed by atoms with Gasteiger partial charge in [0.15, 0.2) is 0 Å². The van der Waals surface area contributed by atoms with E-state index in [9.17, 15) is 13.6 Å². The summed E-state index contributed by atoms with van der Waals surface area (Å²) in [4.78, 5) is 16.6. The van der Waals surface area contributed by atoms with Crippen LogP contribution in [0.15, 0.2) is 66.7 Å². The topological polar surface area (TPSA) is 56.0 Å². The first-order valence-corrected chi connectivity index (χ1v) is 8.70. The Bertz CT molecular complexity index is 1220. The zero-order chi connectivity index (χ0) is 19.8. The standard InChI is InChI=1S/C23H16F2N2O/c1-13-21(23(26)28)18-12-16(24)10-11-20(18)27-22(13)15-8-6-14(7-9-15)17-4-2-3-5-19(17)25/h2-12H,1H3,(H2,26,28). The van der Waals surface area contributed by atoms with Crippen LogP contribution in [-0.4, -0.2) is 10.9 Å². The van der Waals surface area contributed by atoms with Crippen LogP contribution < -0.4 is 5.73 Å². The molecule has 138 valence electrons. The molecule has 5 heteroatoms. The van der Waals surface area contributed by atoms with Gasteiger partial charge in [-0.2, -0.15) is 0 Å². The molecule has 1 amide bonds. The molecule has 0 aliphatic carbocycles. The molecule has 0 unspecified atom stereocenters. The highest BCUT2D eigenvalue weighted by atomic mass is 19.1. The molecule has 4 rings (SSSR count). The minimum absolute atomic E-state index is 0.248. The molecule has 0 fully saturated rings. The van der Waals surface area contributed by atoms with Crippen LogP contribution in [0, 0.1) is 18.6 Å². The van der Waals surface area contributed by atoms with Gasteiger partial charge < -0.3 is 5.73 Å². The molecule has 0 radical (unpaired) electrons. The summed E-state index contributed by atoms with van der Waals surface area (Å²) in [5.74, 6) is -1.40. The van der Waals surface area contributed by atoms with E-state index in [1.165, 1.54) is 24.3 Å². The van der Waals surface area contributed by atoms with Crippen molar-refractivity contribution in [3.8, 4) is 22.4 Å². The van der Waals surface area contributed by atoms with E-state index in [-0.39, 0.29) is 11.4 Å². The van der Waals surface area contributed by atoms with Gasteiger partial charge in [0.25, 0.3) is 0 Å². The number of fused-ring (bicyclic) bond motifs is 1. The molecule has 0 aliphatic heterocycles. The van der Waals surface area contributed by atoms with Gasteiger partial charge in [0.05, 0.1) is 16.8 Å². The highest BCUT2D eigenvalue weighted by molar-refractivity contribution is 6.08. The average Bonchev–Trinajstić information content (AvgIpc) is 2.68. The number of nitrogens with two attached hydrogens (primary N) is 1. The molecule has 1 heterocycles. The van der Waals surface area contributed by atoms with Crippen LogP contribution in [0.4, 0.5) is 8.78 Å². The number of halogens is 2. The lowest BCUT2D eigenvalue weighted by molar-refractivity contribution is 0.100. The van der Waals surface area contributed by atoms with Gasteiger partial charge in [-0.25, -0.2) is 13.8 Å². The minimum atomic E-state index is -0.639. The Balaban J connectivity index is 1.88. The van der Waals surface area contributed by atoms with Crippen molar-refractivity contribution in [2.45, 2.75) is 6.92 Å². The molecule has 3 nitrogen and oxygen atoms in total. The maximum atomic E-state index is 14.0. The normalized spacial score (nSPS) is 11.0. The molecular formula is C23H16F2N2O. The largest absolute Gasteiger partial charge is 0.366 e. The Morgan fingerprint density at radius 3 is 2.29 bits per heavy atom. The Hall–Kier alpha value is -3.60. The third kappa shape index (κ3) is 3.01. The fourth-order valence-corrected chi connectivity index (χ4v) is 3.43. The predicted octanol–water partition coefficient (Wildman–Crippen LogP) is 5.25. The molecule has 0 saturated heterocycles. The predicted molar refractivity (Wildman–Crippen MR) is 106 cm³/mol. The van der Waals surface area contributed by atoms with Crippen molar-refractivity contribution >= 4 is 16.8 Å². The number of carbonyl (C=O) groups is 1. The van der Waals surface area contributed by atoms with Crippen molar-refractivity contribution in [1.29, 1.82) is 0 Å². The average molecular weight is 374 g/mol. The van der Waals surface area contributed by atoms with Crippen LogP contribution in [0.3, 0.4) is 0 Å². The fourth-order valence-electron chi connectivity index (χ4n) is 3.43. The summed E-state index contributed by atoms with van der Waals surface area (Å²) in [5, 5.41) is 0.386. The number of hydrogen-bond acceptors (Lipinski definition) is 2. The van der Waals surface area contributed by atoms with Crippen molar-refractivity contribution in [3.05, 3.63) is 89.5 Å². The van der Waals surface area contributed by atoms with E-state index in [2.05, 4.69) is 4.98 Å². The first-order valence-electron chi connectivity index (χ1n) is 8.70. The third-order valence-corrected chi connectivity index (χ3v) is 4.78. The lowest BCUT2D eigenvalue weighted by Gasteiger charge is -2.13. The summed E-state index contributed by atoms with van der Waals surface area (Å²) in [6, 6.07) is 17.9. The zero-order valence-corrected chi connectivity index (χ0v) is 15.0. The number of rotatable bonds is 3. The van der Waals surface area contributed by atoms with Gasteiger partial charge in [-0.1, -0.05) is 42.5 Å². The second-order valence-electron chi connectivity index (χ2n) is 6.54. The van der Waals surface area contributed by atoms with E-state index in [4.69, 9.17) is 5.73 Å². The number of aromatic nitrogens is 1. The number of pyridine rings is 1. The quantitative estimate of drug-likeness (QED) is 0.532. The number of benzene rings is 3. The summed E-state index contributed by atoms with van der Waals surface area (Å²) < 4.78 is 27.7. The van der Waals surface area contributed by atoms with Crippen molar-refractivity contribution in [1.82, 2.24) is 4.98 Å². The second-order valence-corrected chi connectivity index (χ2v) is 6.54. The minimum Gasteiger partial charge on any atom is -0.366 e. The summed E-state index contributed by atoms with van der Waals surface area (Å²) >= 11 is 0. The summed E-state index contributed by atoms with van der Waals surface area (Å²) in [5.41, 5.74) is 9.44. The van der Waals surface area contributed by atoms with Gasteiger partial charge in [0.2, 0.25) is 5.91 Å². The number of amides is 1. The Kier molecular flexibility index (Phi) is 4.35. The van der Waals surface area contributed by atoms with Crippen molar-refractivity contribution in [2.24, 2.45) is 5.73 Å². The molecule has 0 atom stereocenters. The molecule has 0 bridgehead atoms. The van der Waals surface area contributed by atoms with Crippen molar-refractivity contribution in [2.75, 3.05) is 0 Å². The molecule has 0 saturated carbocycles. The maximum Gasteiger partial charge on any atom is 0.249 e. The van der Waals surface area contributed by atoms with E-state index in [0.29, 0.717) is 27.7 Å². The summed E-state index contributed by atoms with van der Waals surface area (Å²) in [6.45, 7) is 1.73. The summed E-state index contributed by atoms with van der Waals surface area (Å²) in [7, 11) is 0. The number of primary amides is 1. The van der Waals surface area contributed by atoms with Crippen LogP contribution in [0.25, 0.3) is 33.3 Å². The smallest absolute Gasteiger partial charge is 0.249 e. The lowest BCUT2D eigenvalue weighted by atomic mass is 9.96. The molecular weight excluding hydrogens is 358 g/mol. The van der Waals surface area contributed by atoms with E-state index in [1.807, 2.05) is 12.1 Å². The monoisotopic (exact) mass is 374 g/mol. The van der Waals surface area contributed by atoms with Crippen LogP contribution in [0.5, 0.6) is 0 Å². The first-order chi connectivity index (χ1) is 13.5. The van der Waals surface area contributed by atoms with Gasteiger partial charge in [0.1, 0.15) is 11.6 Å². The zero-order valence-electron chi connectivity index (χ0n) is 15.0. The fraction of sp³-hybridized carbons (Fsp3) is 0.0435. The maximum absolute atomic E-state index is 14.0. The number of hydrogen-bond donors (Lipinski definition) is 1. The van der Waals surface area contributed by atoms with Crippen LogP contribution in [0.1, 0.15) is 15.9 Å². The Morgan fingerprint density at radius 2 is 1.61 bits per heavy atom. The SMILES string of the molecule is Cc1c(-c2ccc(-c3ccccc3F)cc2)nc2ccc(F)cc2c1C(N)=O. The van der Waals surface area contributed by atoms with E-state index in [1.54, 1.807) is 37.3 Å². The molecule has 0 spiro atoms. The van der Waals surface area contributed by atoms with Gasteiger partial charge in [-0.05, 0) is 42.3 Å². The van der Waals surface area contributed by atoms with E-state index in [0.717, 1.165) is 11.1 Å². The van der Waals surface area contributed by atoms with Gasteiger partial charge in [0, 0.05) is 16.5 Å². The Morgan fingerprint density at radius 1 is 0.929 bits per heavy atom. The van der Waals surface area contributed by atoms with Crippen LogP contribution >= 0.6 is 0 Å². The number of nitrogens with zero attached hydrogens (tertiary/aromatic N) is 1. The Labute approximate surface area is 160 Å². The molecule has 0 aliphatic rings. The number of carbonyl (C=O) groups excluding carboxylic acids is 1. The molecule has 1 aromatic heterocycles. The van der Waals surface area contributed by atoms with Crippen molar-refractivity contribution in [3.63, 3.8) is 0 Å². The molecule has 4 aromatic rings. The van der Waals surface area contributed by atoms with E-state index < -0.39 is 11.7 Å². The van der Waals surface area contributed by atoms with E-state index >= 15 is 0 Å². The lowest BCUT2D eigenvalue weighted by Crippen LogP contribution is -2.15. The van der Waals surface area contributed by atoms with Crippen molar-refractivity contribution < 1.29 is 13.6 Å². The van der Waals surface area contributed by atoms with Crippen LogP contribution in [0.2, 0.25) is 0 Å².